The maximum atomic E-state index is 12.6. The van der Waals surface area contributed by atoms with Crippen LogP contribution in [0.15, 0.2) is 36.5 Å². The van der Waals surface area contributed by atoms with Crippen LogP contribution in [0.2, 0.25) is 0 Å². The number of aliphatic hydroxyl groups is 2. The first-order chi connectivity index (χ1) is 24.8. The summed E-state index contributed by atoms with van der Waals surface area (Å²) >= 11 is 0. The lowest BCUT2D eigenvalue weighted by molar-refractivity contribution is -0.154. The molecule has 0 fully saturated rings. The number of hydrogen-bond donors (Lipinski definition) is 3. The Balaban J connectivity index is 4.23. The zero-order valence-corrected chi connectivity index (χ0v) is 33.5. The van der Waals surface area contributed by atoms with E-state index < -0.39 is 39.2 Å². The fraction of sp³-hybridized carbons (Fsp3) is 0.829. The molecule has 0 heterocycles. The third-order valence-electron chi connectivity index (χ3n) is 8.53. The lowest BCUT2D eigenvalue weighted by Crippen LogP contribution is -2.29. The molecule has 0 aromatic carbocycles. The standard InChI is InChI=1S/C41H77O9P/c1-3-5-7-9-11-13-15-17-19-20-21-23-25-27-29-31-33-41(44)50-40(38-49-51(45,46)48-36-39(43)35-42)37-47-34-32-30-28-26-24-22-18-16-14-12-10-8-6-4-2/h8,10,14,16,19-20,39-40,42-43H,3-7,9,11-13,15,17-18,21-38H2,1-2H3,(H,45,46)/b10-8-,16-14-,20-19-. The van der Waals surface area contributed by atoms with E-state index in [9.17, 15) is 19.4 Å². The average Bonchev–Trinajstić information content (AvgIpc) is 3.12. The molecule has 51 heavy (non-hydrogen) atoms. The van der Waals surface area contributed by atoms with Crippen molar-refractivity contribution in [3.05, 3.63) is 36.5 Å². The van der Waals surface area contributed by atoms with Gasteiger partial charge >= 0.3 is 13.8 Å². The van der Waals surface area contributed by atoms with Crippen molar-refractivity contribution in [1.29, 1.82) is 0 Å². The minimum atomic E-state index is -4.52. The number of hydrogen-bond acceptors (Lipinski definition) is 8. The Morgan fingerprint density at radius 3 is 1.67 bits per heavy atom. The fourth-order valence-corrected chi connectivity index (χ4v) is 6.18. The van der Waals surface area contributed by atoms with Crippen LogP contribution in [0.5, 0.6) is 0 Å². The van der Waals surface area contributed by atoms with E-state index >= 15 is 0 Å². The lowest BCUT2D eigenvalue weighted by atomic mass is 10.1. The van der Waals surface area contributed by atoms with Gasteiger partial charge in [-0.15, -0.1) is 0 Å². The Morgan fingerprint density at radius 2 is 1.10 bits per heavy atom. The van der Waals surface area contributed by atoms with E-state index in [1.54, 1.807) is 0 Å². The summed E-state index contributed by atoms with van der Waals surface area (Å²) in [6.07, 6.45) is 39.5. The van der Waals surface area contributed by atoms with Crippen molar-refractivity contribution in [1.82, 2.24) is 0 Å². The zero-order chi connectivity index (χ0) is 37.5. The van der Waals surface area contributed by atoms with E-state index in [2.05, 4.69) is 50.3 Å². The molecule has 9 nitrogen and oxygen atoms in total. The van der Waals surface area contributed by atoms with E-state index in [0.29, 0.717) is 13.0 Å². The Hall–Kier alpha value is -1.32. The third kappa shape index (κ3) is 38.2. The largest absolute Gasteiger partial charge is 0.472 e. The second-order valence-corrected chi connectivity index (χ2v) is 15.1. The summed E-state index contributed by atoms with van der Waals surface area (Å²) in [6, 6.07) is 0. The van der Waals surface area contributed by atoms with Crippen molar-refractivity contribution in [3.8, 4) is 0 Å². The second-order valence-electron chi connectivity index (χ2n) is 13.6. The Labute approximate surface area is 312 Å². The van der Waals surface area contributed by atoms with Crippen molar-refractivity contribution < 1.29 is 43.0 Å². The molecule has 10 heteroatoms. The number of esters is 1. The van der Waals surface area contributed by atoms with Gasteiger partial charge in [-0.05, 0) is 64.2 Å². The molecule has 0 aliphatic heterocycles. The molecule has 0 aliphatic carbocycles. The number of phosphoric ester groups is 1. The van der Waals surface area contributed by atoms with Crippen LogP contribution in [0.1, 0.15) is 174 Å². The maximum absolute atomic E-state index is 12.6. The molecular weight excluding hydrogens is 667 g/mol. The van der Waals surface area contributed by atoms with E-state index in [1.807, 2.05) is 0 Å². The first kappa shape index (κ1) is 49.7. The van der Waals surface area contributed by atoms with Crippen molar-refractivity contribution >= 4 is 13.8 Å². The molecule has 0 bridgehead atoms. The molecule has 3 unspecified atom stereocenters. The number of carbonyl (C=O) groups excluding carboxylic acids is 1. The van der Waals surface area contributed by atoms with Gasteiger partial charge < -0.3 is 24.6 Å². The topological polar surface area (TPSA) is 132 Å². The van der Waals surface area contributed by atoms with Gasteiger partial charge in [-0.3, -0.25) is 13.8 Å². The third-order valence-corrected chi connectivity index (χ3v) is 9.48. The number of allylic oxidation sites excluding steroid dienone is 6. The van der Waals surface area contributed by atoms with Crippen molar-refractivity contribution in [2.75, 3.05) is 33.0 Å². The van der Waals surface area contributed by atoms with Crippen molar-refractivity contribution in [3.63, 3.8) is 0 Å². The summed E-state index contributed by atoms with van der Waals surface area (Å²) in [7, 11) is -4.52. The highest BCUT2D eigenvalue weighted by Crippen LogP contribution is 2.43. The van der Waals surface area contributed by atoms with Crippen LogP contribution in [-0.4, -0.2) is 66.3 Å². The SMILES string of the molecule is CCC/C=C\C/C=C\CCCCCCCCOCC(COP(=O)(O)OCC(O)CO)OC(=O)CCCCCCC/C=C\CCCCCCCCC. The lowest BCUT2D eigenvalue weighted by Gasteiger charge is -2.20. The molecular formula is C41H77O9P. The van der Waals surface area contributed by atoms with Gasteiger partial charge in [0.05, 0.1) is 26.4 Å². The van der Waals surface area contributed by atoms with Crippen LogP contribution in [0, 0.1) is 0 Å². The quantitative estimate of drug-likeness (QED) is 0.0243. The van der Waals surface area contributed by atoms with E-state index in [0.717, 1.165) is 70.6 Å². The number of aliphatic hydroxyl groups excluding tert-OH is 2. The molecule has 0 rings (SSSR count). The van der Waals surface area contributed by atoms with E-state index in [4.69, 9.17) is 23.6 Å². The molecule has 0 radical (unpaired) electrons. The summed E-state index contributed by atoms with van der Waals surface area (Å²) in [5.41, 5.74) is 0. The average molecular weight is 745 g/mol. The minimum Gasteiger partial charge on any atom is -0.457 e. The second kappa shape index (κ2) is 38.4. The summed E-state index contributed by atoms with van der Waals surface area (Å²) in [6.45, 7) is 3.42. The van der Waals surface area contributed by atoms with E-state index in [-0.39, 0.29) is 19.6 Å². The predicted octanol–water partition coefficient (Wildman–Crippen LogP) is 10.9. The zero-order valence-electron chi connectivity index (χ0n) is 32.6. The van der Waals surface area contributed by atoms with Gasteiger partial charge in [-0.1, -0.05) is 140 Å². The highest BCUT2D eigenvalue weighted by molar-refractivity contribution is 7.47. The molecule has 300 valence electrons. The van der Waals surface area contributed by atoms with Gasteiger partial charge in [-0.2, -0.15) is 0 Å². The van der Waals surface area contributed by atoms with E-state index in [1.165, 1.54) is 77.0 Å². The molecule has 3 N–H and O–H groups in total. The molecule has 0 amide bonds. The number of carbonyl (C=O) groups is 1. The van der Waals surface area contributed by atoms with Gasteiger partial charge in [0.2, 0.25) is 0 Å². The van der Waals surface area contributed by atoms with Gasteiger partial charge in [0.15, 0.2) is 0 Å². The molecule has 0 aromatic rings. The van der Waals surface area contributed by atoms with Gasteiger partial charge in [0, 0.05) is 13.0 Å². The monoisotopic (exact) mass is 745 g/mol. The predicted molar refractivity (Wildman–Crippen MR) is 210 cm³/mol. The summed E-state index contributed by atoms with van der Waals surface area (Å²) in [5, 5.41) is 18.3. The smallest absolute Gasteiger partial charge is 0.457 e. The summed E-state index contributed by atoms with van der Waals surface area (Å²) < 4.78 is 33.3. The fourth-order valence-electron chi connectivity index (χ4n) is 5.39. The van der Waals surface area contributed by atoms with Crippen LogP contribution in [0.4, 0.5) is 0 Å². The van der Waals surface area contributed by atoms with Crippen LogP contribution in [0.25, 0.3) is 0 Å². The van der Waals surface area contributed by atoms with Crippen LogP contribution >= 0.6 is 7.82 Å². The van der Waals surface area contributed by atoms with Crippen LogP contribution < -0.4 is 0 Å². The maximum Gasteiger partial charge on any atom is 0.472 e. The highest BCUT2D eigenvalue weighted by atomic mass is 31.2. The Morgan fingerprint density at radius 1 is 0.608 bits per heavy atom. The number of unbranched alkanes of at least 4 members (excludes halogenated alkanes) is 19. The number of phosphoric acid groups is 1. The highest BCUT2D eigenvalue weighted by Gasteiger charge is 2.26. The number of rotatable bonds is 39. The number of ether oxygens (including phenoxy) is 2. The molecule has 0 spiro atoms. The van der Waals surface area contributed by atoms with Crippen LogP contribution in [0.3, 0.4) is 0 Å². The van der Waals surface area contributed by atoms with Gasteiger partial charge in [-0.25, -0.2) is 4.57 Å². The first-order valence-corrected chi connectivity index (χ1v) is 22.0. The van der Waals surface area contributed by atoms with Crippen LogP contribution in [-0.2, 0) is 27.9 Å². The van der Waals surface area contributed by atoms with Gasteiger partial charge in [0.1, 0.15) is 12.2 Å². The normalized spacial score (nSPS) is 14.5. The molecule has 0 aromatic heterocycles. The molecule has 3 atom stereocenters. The molecule has 0 saturated heterocycles. The summed E-state index contributed by atoms with van der Waals surface area (Å²) in [4.78, 5) is 22.5. The Kier molecular flexibility index (Phi) is 37.4. The summed E-state index contributed by atoms with van der Waals surface area (Å²) in [5.74, 6) is -0.396. The molecule has 0 saturated carbocycles. The minimum absolute atomic E-state index is 0.0391. The van der Waals surface area contributed by atoms with Crippen molar-refractivity contribution in [2.24, 2.45) is 0 Å². The molecule has 0 aliphatic rings. The van der Waals surface area contributed by atoms with Crippen molar-refractivity contribution in [2.45, 2.75) is 187 Å². The van der Waals surface area contributed by atoms with Gasteiger partial charge in [0.25, 0.3) is 0 Å². The first-order valence-electron chi connectivity index (χ1n) is 20.5. The Bertz CT molecular complexity index is 892.